The van der Waals surface area contributed by atoms with Crippen molar-refractivity contribution >= 4 is 25.0 Å². The molecular weight excluding hydrogens is 521 g/mol. The molecule has 7 heteroatoms. The molecule has 0 radical (unpaired) electrons. The van der Waals surface area contributed by atoms with Gasteiger partial charge in [0.15, 0.2) is 0 Å². The van der Waals surface area contributed by atoms with Gasteiger partial charge in [-0.05, 0) is 89.8 Å². The molecule has 38 heavy (non-hydrogen) atoms. The number of aliphatic hydroxyl groups excluding tert-OH is 1. The van der Waals surface area contributed by atoms with E-state index in [4.69, 9.17) is 13.3 Å². The van der Waals surface area contributed by atoms with E-state index >= 15 is 0 Å². The van der Waals surface area contributed by atoms with Gasteiger partial charge in [0.05, 0.1) is 0 Å². The first kappa shape index (κ1) is 32.7. The first-order chi connectivity index (χ1) is 16.9. The van der Waals surface area contributed by atoms with Crippen molar-refractivity contribution in [2.45, 2.75) is 123 Å². The van der Waals surface area contributed by atoms with E-state index in [1.807, 2.05) is 42.5 Å². The van der Waals surface area contributed by atoms with E-state index in [2.05, 4.69) is 102 Å². The number of rotatable bonds is 8. The molecule has 0 aliphatic heterocycles. The molecule has 1 N–H and O–H groups in total. The van der Waals surface area contributed by atoms with Crippen molar-refractivity contribution in [1.82, 2.24) is 0 Å². The van der Waals surface area contributed by atoms with E-state index in [0.717, 1.165) is 28.4 Å². The average Bonchev–Trinajstić information content (AvgIpc) is 2.70. The van der Waals surface area contributed by atoms with Crippen molar-refractivity contribution in [1.29, 1.82) is 0 Å². The zero-order chi connectivity index (χ0) is 29.5. The van der Waals surface area contributed by atoms with Crippen LogP contribution in [0.4, 0.5) is 0 Å². The summed E-state index contributed by atoms with van der Waals surface area (Å²) < 4.78 is 19.8. The molecule has 0 saturated heterocycles. The molecule has 0 bridgehead atoms. The van der Waals surface area contributed by atoms with Crippen molar-refractivity contribution in [2.75, 3.05) is 0 Å². The third kappa shape index (κ3) is 7.77. The smallest absolute Gasteiger partial charge is 0.250 e. The van der Waals surface area contributed by atoms with Gasteiger partial charge in [-0.3, -0.25) is 0 Å². The first-order valence-corrected chi connectivity index (χ1v) is 22.6. The Hall–Kier alpha value is -1.55. The lowest BCUT2D eigenvalue weighted by Gasteiger charge is -2.38. The third-order valence-electron chi connectivity index (χ3n) is 8.95. The second-order valence-corrected chi connectivity index (χ2v) is 29.5. The minimum Gasteiger partial charge on any atom is -0.544 e. The van der Waals surface area contributed by atoms with Gasteiger partial charge >= 0.3 is 0 Å². The van der Waals surface area contributed by atoms with Crippen LogP contribution < -0.4 is 13.3 Å². The van der Waals surface area contributed by atoms with Gasteiger partial charge in [0.1, 0.15) is 23.4 Å². The minimum absolute atomic E-state index is 0.0576. The molecule has 0 aromatic heterocycles. The maximum absolute atomic E-state index is 11.5. The van der Waals surface area contributed by atoms with Gasteiger partial charge < -0.3 is 18.4 Å². The highest BCUT2D eigenvalue weighted by Crippen LogP contribution is 2.42. The van der Waals surface area contributed by atoms with Crippen LogP contribution in [0.15, 0.2) is 42.5 Å². The van der Waals surface area contributed by atoms with Gasteiger partial charge in [0.25, 0.3) is 0 Å². The Kier molecular flexibility index (Phi) is 9.27. The number of hydrogen-bond donors (Lipinski definition) is 1. The summed E-state index contributed by atoms with van der Waals surface area (Å²) in [6.45, 7) is 33.6. The first-order valence-electron chi connectivity index (χ1n) is 13.9. The number of benzene rings is 2. The molecule has 0 amide bonds. The third-order valence-corrected chi connectivity index (χ3v) is 22.0. The zero-order valence-corrected chi connectivity index (χ0v) is 29.8. The van der Waals surface area contributed by atoms with Crippen LogP contribution in [-0.2, 0) is 0 Å². The molecule has 0 heterocycles. The van der Waals surface area contributed by atoms with Crippen molar-refractivity contribution in [3.8, 4) is 17.2 Å². The van der Waals surface area contributed by atoms with E-state index in [-0.39, 0.29) is 15.1 Å². The van der Waals surface area contributed by atoms with E-state index in [0.29, 0.717) is 0 Å². The quantitative estimate of drug-likeness (QED) is 0.319. The Morgan fingerprint density at radius 1 is 0.500 bits per heavy atom. The number of hydrogen-bond acceptors (Lipinski definition) is 4. The molecule has 1 unspecified atom stereocenters. The molecule has 0 aliphatic carbocycles. The molecule has 2 rings (SSSR count). The van der Waals surface area contributed by atoms with Crippen molar-refractivity contribution < 1.29 is 18.4 Å². The van der Waals surface area contributed by atoms with Crippen LogP contribution in [0, 0.1) is 0 Å². The van der Waals surface area contributed by atoms with Gasteiger partial charge in [-0.25, -0.2) is 0 Å². The van der Waals surface area contributed by atoms with Crippen LogP contribution in [0.5, 0.6) is 17.2 Å². The lowest BCUT2D eigenvalue weighted by molar-refractivity contribution is 0.219. The predicted molar refractivity (Wildman–Crippen MR) is 170 cm³/mol. The monoisotopic (exact) mass is 574 g/mol. The lowest BCUT2D eigenvalue weighted by Crippen LogP contribution is -2.44. The molecule has 0 fully saturated rings. The minimum atomic E-state index is -2.09. The second-order valence-electron chi connectivity index (χ2n) is 15.3. The fraction of sp³-hybridized carbons (Fsp3) is 0.613. The molecule has 2 aromatic rings. The van der Waals surface area contributed by atoms with Gasteiger partial charge in [-0.1, -0.05) is 74.4 Å². The van der Waals surface area contributed by atoms with Crippen molar-refractivity contribution in [3.63, 3.8) is 0 Å². The molecule has 214 valence electrons. The summed E-state index contributed by atoms with van der Waals surface area (Å²) in [4.78, 5) is 0. The highest BCUT2D eigenvalue weighted by Gasteiger charge is 2.41. The topological polar surface area (TPSA) is 47.9 Å². The van der Waals surface area contributed by atoms with Crippen LogP contribution in [0.25, 0.3) is 0 Å². The highest BCUT2D eigenvalue weighted by molar-refractivity contribution is 6.75. The van der Waals surface area contributed by atoms with Gasteiger partial charge in [0, 0.05) is 6.07 Å². The van der Waals surface area contributed by atoms with Gasteiger partial charge in [-0.15, -0.1) is 0 Å². The van der Waals surface area contributed by atoms with E-state index < -0.39 is 31.1 Å². The molecule has 1 atom stereocenters. The summed E-state index contributed by atoms with van der Waals surface area (Å²) in [5.74, 6) is 2.38. The van der Waals surface area contributed by atoms with E-state index in [1.54, 1.807) is 0 Å². The van der Waals surface area contributed by atoms with Crippen LogP contribution in [0.1, 0.15) is 79.5 Å². The van der Waals surface area contributed by atoms with E-state index in [1.165, 1.54) is 0 Å². The summed E-state index contributed by atoms with van der Waals surface area (Å²) >= 11 is 0. The van der Waals surface area contributed by atoms with E-state index in [9.17, 15) is 5.11 Å². The fourth-order valence-electron chi connectivity index (χ4n) is 3.12. The summed E-state index contributed by atoms with van der Waals surface area (Å²) in [7, 11) is -6.10. The Bertz CT molecular complexity index is 1040. The van der Waals surface area contributed by atoms with Crippen LogP contribution in [0.2, 0.25) is 54.4 Å². The van der Waals surface area contributed by atoms with Crippen molar-refractivity contribution in [3.05, 3.63) is 53.6 Å². The molecule has 2 aromatic carbocycles. The molecule has 4 nitrogen and oxygen atoms in total. The fourth-order valence-corrected chi connectivity index (χ4v) is 6.18. The van der Waals surface area contributed by atoms with Crippen LogP contribution in [0.3, 0.4) is 0 Å². The molecule has 0 aliphatic rings. The standard InChI is InChI=1S/C31H54O4Si3/c1-29(2,3)36(10,11)33-25-18-16-23(17-19-25)28(32)24-20-26(34-37(12,13)30(4,5)6)22-27(21-24)35-38(14,15)31(7,8)9/h16-22,28,32H,1-15H3. The van der Waals surface area contributed by atoms with Gasteiger partial charge in [-0.2, -0.15) is 0 Å². The summed E-state index contributed by atoms with van der Waals surface area (Å²) in [6, 6.07) is 13.8. The lowest BCUT2D eigenvalue weighted by atomic mass is 10.0. The highest BCUT2D eigenvalue weighted by atomic mass is 28.4. The Morgan fingerprint density at radius 2 is 0.816 bits per heavy atom. The second kappa shape index (κ2) is 10.8. The Labute approximate surface area is 236 Å². The summed E-state index contributed by atoms with van der Waals surface area (Å²) in [5, 5.41) is 11.7. The zero-order valence-electron chi connectivity index (χ0n) is 26.8. The average molecular weight is 575 g/mol. The summed E-state index contributed by atoms with van der Waals surface area (Å²) in [5.41, 5.74) is 1.59. The predicted octanol–water partition coefficient (Wildman–Crippen LogP) is 9.92. The Morgan fingerprint density at radius 3 is 1.13 bits per heavy atom. The van der Waals surface area contributed by atoms with Crippen LogP contribution in [-0.4, -0.2) is 30.1 Å². The molecular formula is C31H54O4Si3. The summed E-state index contributed by atoms with van der Waals surface area (Å²) in [6.07, 6.45) is -0.804. The Balaban J connectivity index is 2.47. The molecule has 0 spiro atoms. The van der Waals surface area contributed by atoms with Crippen molar-refractivity contribution in [2.24, 2.45) is 0 Å². The largest absolute Gasteiger partial charge is 0.544 e. The SMILES string of the molecule is CC(C)(C)[Si](C)(C)Oc1ccc(C(O)c2cc(O[Si](C)(C)C(C)(C)C)cc(O[Si](C)(C)C(C)(C)C)c2)cc1. The maximum atomic E-state index is 11.5. The maximum Gasteiger partial charge on any atom is 0.250 e. The normalized spacial score (nSPS) is 14.7. The number of aliphatic hydroxyl groups is 1. The van der Waals surface area contributed by atoms with Gasteiger partial charge in [0.2, 0.25) is 25.0 Å². The molecule has 0 saturated carbocycles. The van der Waals surface area contributed by atoms with Crippen LogP contribution >= 0.6 is 0 Å².